The molecule has 0 saturated heterocycles. The first-order valence-electron chi connectivity index (χ1n) is 5.48. The number of aliphatic hydroxyl groups is 1. The van der Waals surface area contributed by atoms with Gasteiger partial charge in [0, 0.05) is 18.9 Å². The number of ether oxygens (including phenoxy) is 1. The van der Waals surface area contributed by atoms with Crippen molar-refractivity contribution in [3.8, 4) is 0 Å². The second-order valence-corrected chi connectivity index (χ2v) is 4.77. The molecule has 0 radical (unpaired) electrons. The SMILES string of the molecule is C=C1C(O)[C@@]2(OC)C=C[C@@H]1[C@@H]1CC=C[C@@H]12. The van der Waals surface area contributed by atoms with Crippen LogP contribution in [-0.4, -0.2) is 23.9 Å². The molecule has 4 aliphatic rings. The van der Waals surface area contributed by atoms with Crippen molar-refractivity contribution < 1.29 is 9.84 Å². The summed E-state index contributed by atoms with van der Waals surface area (Å²) in [5.41, 5.74) is 0.369. The van der Waals surface area contributed by atoms with E-state index in [2.05, 4.69) is 24.8 Å². The fraction of sp³-hybridized carbons (Fsp3) is 0.538. The number of fused-ring (bicyclic) bond motifs is 1. The Labute approximate surface area is 89.9 Å². The molecule has 80 valence electrons. The van der Waals surface area contributed by atoms with Crippen LogP contribution in [0.2, 0.25) is 0 Å². The van der Waals surface area contributed by atoms with Gasteiger partial charge in [0.1, 0.15) is 11.7 Å². The van der Waals surface area contributed by atoms with E-state index in [1.54, 1.807) is 7.11 Å². The molecule has 4 rings (SSSR count). The highest BCUT2D eigenvalue weighted by Gasteiger charge is 2.57. The molecule has 0 aromatic carbocycles. The summed E-state index contributed by atoms with van der Waals surface area (Å²) in [5.74, 6) is 1.20. The molecule has 0 spiro atoms. The highest BCUT2D eigenvalue weighted by Crippen LogP contribution is 2.55. The molecule has 0 aliphatic heterocycles. The Balaban J connectivity index is 2.15. The zero-order valence-electron chi connectivity index (χ0n) is 8.89. The van der Waals surface area contributed by atoms with E-state index in [4.69, 9.17) is 4.74 Å². The molecule has 4 aliphatic carbocycles. The van der Waals surface area contributed by atoms with Crippen molar-refractivity contribution in [2.45, 2.75) is 18.1 Å². The van der Waals surface area contributed by atoms with Crippen molar-refractivity contribution in [3.63, 3.8) is 0 Å². The van der Waals surface area contributed by atoms with E-state index in [1.165, 1.54) is 0 Å². The molecule has 1 fully saturated rings. The minimum atomic E-state index is -0.554. The van der Waals surface area contributed by atoms with E-state index in [9.17, 15) is 5.11 Å². The highest BCUT2D eigenvalue weighted by molar-refractivity contribution is 5.40. The molecular formula is C13H16O2. The molecule has 2 heteroatoms. The van der Waals surface area contributed by atoms with Crippen LogP contribution in [-0.2, 0) is 4.74 Å². The Morgan fingerprint density at radius 1 is 1.53 bits per heavy atom. The number of hydrogen-bond acceptors (Lipinski definition) is 2. The molecule has 5 atom stereocenters. The van der Waals surface area contributed by atoms with Crippen LogP contribution in [0.5, 0.6) is 0 Å². The normalized spacial score (nSPS) is 51.2. The van der Waals surface area contributed by atoms with Gasteiger partial charge in [0.2, 0.25) is 0 Å². The maximum absolute atomic E-state index is 10.3. The topological polar surface area (TPSA) is 29.5 Å². The van der Waals surface area contributed by atoms with Gasteiger partial charge in [-0.1, -0.05) is 30.9 Å². The van der Waals surface area contributed by atoms with Crippen molar-refractivity contribution in [1.29, 1.82) is 0 Å². The lowest BCUT2D eigenvalue weighted by molar-refractivity contribution is -0.119. The van der Waals surface area contributed by atoms with Gasteiger partial charge in [-0.15, -0.1) is 0 Å². The summed E-state index contributed by atoms with van der Waals surface area (Å²) < 4.78 is 5.61. The van der Waals surface area contributed by atoms with Crippen LogP contribution >= 0.6 is 0 Å². The van der Waals surface area contributed by atoms with Gasteiger partial charge < -0.3 is 9.84 Å². The fourth-order valence-corrected chi connectivity index (χ4v) is 3.49. The minimum absolute atomic E-state index is 0.318. The third-order valence-electron chi connectivity index (χ3n) is 4.32. The van der Waals surface area contributed by atoms with Crippen molar-refractivity contribution in [2.24, 2.45) is 17.8 Å². The zero-order valence-corrected chi connectivity index (χ0v) is 8.89. The van der Waals surface area contributed by atoms with Crippen molar-refractivity contribution in [1.82, 2.24) is 0 Å². The van der Waals surface area contributed by atoms with Crippen LogP contribution in [0.4, 0.5) is 0 Å². The average Bonchev–Trinajstić information content (AvgIpc) is 2.74. The fourth-order valence-electron chi connectivity index (χ4n) is 3.49. The lowest BCUT2D eigenvalue weighted by atomic mass is 9.58. The first-order chi connectivity index (χ1) is 7.20. The summed E-state index contributed by atoms with van der Waals surface area (Å²) in [6.07, 6.45) is 9.12. The van der Waals surface area contributed by atoms with E-state index in [1.807, 2.05) is 6.08 Å². The second kappa shape index (κ2) is 2.83. The van der Waals surface area contributed by atoms with Crippen LogP contribution in [0.25, 0.3) is 0 Å². The van der Waals surface area contributed by atoms with Crippen molar-refractivity contribution in [2.75, 3.05) is 7.11 Å². The third kappa shape index (κ3) is 0.918. The number of methoxy groups -OCH3 is 1. The predicted octanol–water partition coefficient (Wildman–Crippen LogP) is 1.68. The summed E-state index contributed by atoms with van der Waals surface area (Å²) in [6, 6.07) is 0. The number of aliphatic hydroxyl groups excluding tert-OH is 1. The van der Waals surface area contributed by atoms with Crippen LogP contribution in [0.15, 0.2) is 36.5 Å². The maximum atomic E-state index is 10.3. The second-order valence-electron chi connectivity index (χ2n) is 4.77. The Morgan fingerprint density at radius 2 is 2.33 bits per heavy atom. The molecular weight excluding hydrogens is 188 g/mol. The molecule has 15 heavy (non-hydrogen) atoms. The predicted molar refractivity (Wildman–Crippen MR) is 58.3 cm³/mol. The Bertz CT molecular complexity index is 369. The summed E-state index contributed by atoms with van der Waals surface area (Å²) in [4.78, 5) is 0. The van der Waals surface area contributed by atoms with Gasteiger partial charge in [0.15, 0.2) is 0 Å². The largest absolute Gasteiger partial charge is 0.385 e. The maximum Gasteiger partial charge on any atom is 0.122 e. The molecule has 2 nitrogen and oxygen atoms in total. The molecule has 0 aromatic heterocycles. The average molecular weight is 204 g/mol. The van der Waals surface area contributed by atoms with E-state index in [0.717, 1.165) is 12.0 Å². The van der Waals surface area contributed by atoms with Crippen LogP contribution in [0.1, 0.15) is 6.42 Å². The van der Waals surface area contributed by atoms with Gasteiger partial charge >= 0.3 is 0 Å². The summed E-state index contributed by atoms with van der Waals surface area (Å²) in [5, 5.41) is 10.3. The number of rotatable bonds is 1. The van der Waals surface area contributed by atoms with E-state index in [0.29, 0.717) is 17.8 Å². The third-order valence-corrected chi connectivity index (χ3v) is 4.32. The lowest BCUT2D eigenvalue weighted by Crippen LogP contribution is -2.59. The number of allylic oxidation sites excluding steroid dienone is 2. The summed E-state index contributed by atoms with van der Waals surface area (Å²) >= 11 is 0. The monoisotopic (exact) mass is 204 g/mol. The molecule has 1 N–H and O–H groups in total. The molecule has 2 bridgehead atoms. The molecule has 1 saturated carbocycles. The Kier molecular flexibility index (Phi) is 1.77. The first kappa shape index (κ1) is 9.37. The Morgan fingerprint density at radius 3 is 3.07 bits per heavy atom. The zero-order chi connectivity index (χ0) is 10.6. The van der Waals surface area contributed by atoms with Crippen molar-refractivity contribution in [3.05, 3.63) is 36.5 Å². The van der Waals surface area contributed by atoms with Gasteiger partial charge in [0.05, 0.1) is 0 Å². The lowest BCUT2D eigenvalue weighted by Gasteiger charge is -2.53. The molecule has 0 heterocycles. The molecule has 0 aromatic rings. The smallest absolute Gasteiger partial charge is 0.122 e. The van der Waals surface area contributed by atoms with Gasteiger partial charge in [-0.25, -0.2) is 0 Å². The first-order valence-corrected chi connectivity index (χ1v) is 5.48. The molecule has 1 unspecified atom stereocenters. The van der Waals surface area contributed by atoms with Gasteiger partial charge in [-0.3, -0.25) is 0 Å². The van der Waals surface area contributed by atoms with Crippen molar-refractivity contribution >= 4 is 0 Å². The standard InChI is InChI=1S/C13H16O2/c1-8-9-6-7-13(15-2,12(8)14)11-5-3-4-10(9)11/h3,5-7,9-12,14H,1,4H2,2H3/t9-,10-,11-,12?,13+/m0/s1. The minimum Gasteiger partial charge on any atom is -0.385 e. The molecule has 0 amide bonds. The van der Waals surface area contributed by atoms with Crippen LogP contribution in [0.3, 0.4) is 0 Å². The van der Waals surface area contributed by atoms with Gasteiger partial charge in [-0.2, -0.15) is 0 Å². The van der Waals surface area contributed by atoms with Crippen LogP contribution < -0.4 is 0 Å². The van der Waals surface area contributed by atoms with Crippen LogP contribution in [0, 0.1) is 17.8 Å². The van der Waals surface area contributed by atoms with E-state index in [-0.39, 0.29) is 0 Å². The Hall–Kier alpha value is -0.860. The highest BCUT2D eigenvalue weighted by atomic mass is 16.5. The van der Waals surface area contributed by atoms with Gasteiger partial charge in [0.25, 0.3) is 0 Å². The quantitative estimate of drug-likeness (QED) is 0.658. The van der Waals surface area contributed by atoms with Gasteiger partial charge in [-0.05, 0) is 17.9 Å². The number of hydrogen-bond donors (Lipinski definition) is 1. The van der Waals surface area contributed by atoms with E-state index < -0.39 is 11.7 Å². The summed E-state index contributed by atoms with van der Waals surface area (Å²) in [7, 11) is 1.68. The van der Waals surface area contributed by atoms with E-state index >= 15 is 0 Å². The summed E-state index contributed by atoms with van der Waals surface area (Å²) in [6.45, 7) is 4.02.